The lowest BCUT2D eigenvalue weighted by molar-refractivity contribution is -0.118. The maximum absolute atomic E-state index is 12.9. The predicted molar refractivity (Wildman–Crippen MR) is 119 cm³/mol. The summed E-state index contributed by atoms with van der Waals surface area (Å²) in [5, 5.41) is 7.23. The number of carbonyl (C=O) groups excluding carboxylic acids is 3. The number of anilines is 1. The van der Waals surface area contributed by atoms with E-state index in [1.54, 1.807) is 44.2 Å². The van der Waals surface area contributed by atoms with Crippen LogP contribution in [-0.2, 0) is 25.1 Å². The average Bonchev–Trinajstić information content (AvgIpc) is 2.79. The number of methoxy groups -OCH3 is 2. The van der Waals surface area contributed by atoms with Crippen LogP contribution in [-0.4, -0.2) is 42.5 Å². The minimum atomic E-state index is -1.50. The van der Waals surface area contributed by atoms with E-state index < -0.39 is 23.0 Å². The molecule has 0 bridgehead atoms. The summed E-state index contributed by atoms with van der Waals surface area (Å²) in [7, 11) is 0.788. The van der Waals surface area contributed by atoms with Crippen LogP contribution in [0, 0.1) is 5.92 Å². The molecule has 0 heterocycles. The molecule has 0 aliphatic rings. The molecule has 32 heavy (non-hydrogen) atoms. The topological polar surface area (TPSA) is 135 Å². The molecular weight excluding hydrogens is 436 g/mol. The first-order valence-corrected chi connectivity index (χ1v) is 10.6. The van der Waals surface area contributed by atoms with Crippen LogP contribution in [0.4, 0.5) is 21.0 Å². The summed E-state index contributed by atoms with van der Waals surface area (Å²) in [6, 6.07) is 13.4. The Morgan fingerprint density at radius 1 is 0.906 bits per heavy atom. The van der Waals surface area contributed by atoms with E-state index in [9.17, 15) is 18.6 Å². The number of guanidine groups is 1. The number of rotatable bonds is 5. The molecule has 2 aromatic rings. The van der Waals surface area contributed by atoms with Gasteiger partial charge in [0.15, 0.2) is 0 Å². The Balaban J connectivity index is 2.51. The third-order valence-corrected chi connectivity index (χ3v) is 5.35. The molecule has 170 valence electrons. The second kappa shape index (κ2) is 11.6. The normalized spacial score (nSPS) is 11.2. The van der Waals surface area contributed by atoms with Crippen LogP contribution in [0.2, 0.25) is 0 Å². The second-order valence-corrected chi connectivity index (χ2v) is 8.08. The second-order valence-electron chi connectivity index (χ2n) is 6.60. The lowest BCUT2D eigenvalue weighted by Crippen LogP contribution is -2.43. The van der Waals surface area contributed by atoms with Crippen LogP contribution in [0.3, 0.4) is 0 Å². The zero-order valence-corrected chi connectivity index (χ0v) is 18.8. The van der Waals surface area contributed by atoms with Crippen molar-refractivity contribution < 1.29 is 28.1 Å². The molecule has 10 nitrogen and oxygen atoms in total. The molecule has 0 aromatic heterocycles. The number of hydrogen-bond donors (Lipinski definition) is 3. The van der Waals surface area contributed by atoms with E-state index in [0.29, 0.717) is 9.79 Å². The van der Waals surface area contributed by atoms with Crippen molar-refractivity contribution >= 4 is 46.2 Å². The molecule has 3 N–H and O–H groups in total. The molecule has 1 atom stereocenters. The fraction of sp³-hybridized carbons (Fsp3) is 0.238. The van der Waals surface area contributed by atoms with E-state index in [1.807, 2.05) is 6.07 Å². The third kappa shape index (κ3) is 6.91. The Kier molecular flexibility index (Phi) is 8.90. The number of alkyl carbamates (subject to hydrolysis) is 2. The van der Waals surface area contributed by atoms with Gasteiger partial charge in [-0.25, -0.2) is 18.8 Å². The fourth-order valence-corrected chi connectivity index (χ4v) is 3.38. The first-order valence-electron chi connectivity index (χ1n) is 9.45. The van der Waals surface area contributed by atoms with Crippen molar-refractivity contribution in [3.8, 4) is 0 Å². The number of benzene rings is 2. The molecule has 0 saturated carbocycles. The molecule has 0 aliphatic carbocycles. The van der Waals surface area contributed by atoms with Gasteiger partial charge in [-0.1, -0.05) is 32.0 Å². The first-order chi connectivity index (χ1) is 15.2. The molecule has 1 unspecified atom stereocenters. The zero-order chi connectivity index (χ0) is 23.7. The van der Waals surface area contributed by atoms with Crippen LogP contribution >= 0.6 is 0 Å². The molecule has 0 aliphatic heterocycles. The van der Waals surface area contributed by atoms with Crippen LogP contribution in [0.15, 0.2) is 63.3 Å². The van der Waals surface area contributed by atoms with Crippen molar-refractivity contribution in [1.82, 2.24) is 10.6 Å². The van der Waals surface area contributed by atoms with Gasteiger partial charge in [-0.05, 0) is 30.3 Å². The first kappa shape index (κ1) is 24.5. The number of carbonyl (C=O) groups is 3. The lowest BCUT2D eigenvalue weighted by Gasteiger charge is -2.14. The summed E-state index contributed by atoms with van der Waals surface area (Å²) in [6.45, 7) is 3.43. The van der Waals surface area contributed by atoms with Crippen molar-refractivity contribution in [3.05, 3.63) is 48.5 Å². The number of aliphatic imine (C=N–C) groups is 1. The van der Waals surface area contributed by atoms with Gasteiger partial charge in [0.05, 0.1) is 36.4 Å². The highest BCUT2D eigenvalue weighted by molar-refractivity contribution is 7.85. The Morgan fingerprint density at radius 2 is 1.50 bits per heavy atom. The van der Waals surface area contributed by atoms with Crippen molar-refractivity contribution in [2.75, 3.05) is 19.5 Å². The smallest absolute Gasteiger partial charge is 0.413 e. The Bertz CT molecular complexity index is 1020. The Labute approximate surface area is 187 Å². The van der Waals surface area contributed by atoms with Crippen molar-refractivity contribution in [1.29, 1.82) is 0 Å². The number of nitrogens with one attached hydrogen (secondary N) is 3. The van der Waals surface area contributed by atoms with E-state index in [2.05, 4.69) is 30.4 Å². The van der Waals surface area contributed by atoms with Gasteiger partial charge in [0, 0.05) is 15.7 Å². The fourth-order valence-electron chi connectivity index (χ4n) is 2.29. The number of nitrogens with zero attached hydrogens (tertiary/aromatic N) is 1. The summed E-state index contributed by atoms with van der Waals surface area (Å²) < 4.78 is 22.0. The quantitative estimate of drug-likeness (QED) is 0.463. The van der Waals surface area contributed by atoms with Gasteiger partial charge in [0.25, 0.3) is 0 Å². The lowest BCUT2D eigenvalue weighted by atomic mass is 10.2. The summed E-state index contributed by atoms with van der Waals surface area (Å²) in [5.74, 6) is -0.927. The molecular formula is C21H24N4O6S. The molecule has 0 fully saturated rings. The predicted octanol–water partition coefficient (Wildman–Crippen LogP) is 3.15. The van der Waals surface area contributed by atoms with Gasteiger partial charge in [-0.3, -0.25) is 15.4 Å². The Morgan fingerprint density at radius 3 is 2.03 bits per heavy atom. The molecule has 11 heteroatoms. The summed E-state index contributed by atoms with van der Waals surface area (Å²) in [5.41, 5.74) is 0.428. The molecule has 2 rings (SSSR count). The van der Waals surface area contributed by atoms with Crippen LogP contribution in [0.1, 0.15) is 13.8 Å². The number of ether oxygens (including phenoxy) is 2. The minimum absolute atomic E-state index is 0.190. The molecule has 2 aromatic carbocycles. The van der Waals surface area contributed by atoms with Crippen molar-refractivity contribution in [3.63, 3.8) is 0 Å². The number of hydrogen-bond acceptors (Lipinski definition) is 7. The average molecular weight is 461 g/mol. The summed E-state index contributed by atoms with van der Waals surface area (Å²) in [6.07, 6.45) is -1.76. The van der Waals surface area contributed by atoms with Gasteiger partial charge < -0.3 is 14.8 Å². The SMILES string of the molecule is COC(=O)NC(=Nc1ccc(S(=O)c2ccccc2)cc1NC(=O)C(C)C)NC(=O)OC. The Hall–Kier alpha value is -3.73. The van der Waals surface area contributed by atoms with Gasteiger partial charge >= 0.3 is 12.2 Å². The molecule has 0 radical (unpaired) electrons. The van der Waals surface area contributed by atoms with Crippen LogP contribution in [0.5, 0.6) is 0 Å². The monoisotopic (exact) mass is 460 g/mol. The zero-order valence-electron chi connectivity index (χ0n) is 18.0. The highest BCUT2D eigenvalue weighted by atomic mass is 32.2. The van der Waals surface area contributed by atoms with E-state index in [4.69, 9.17) is 0 Å². The number of amides is 3. The maximum atomic E-state index is 12.9. The third-order valence-electron chi connectivity index (χ3n) is 3.97. The van der Waals surface area contributed by atoms with Gasteiger partial charge in [-0.2, -0.15) is 0 Å². The van der Waals surface area contributed by atoms with E-state index in [0.717, 1.165) is 14.2 Å². The van der Waals surface area contributed by atoms with Crippen LogP contribution < -0.4 is 16.0 Å². The van der Waals surface area contributed by atoms with E-state index >= 15 is 0 Å². The van der Waals surface area contributed by atoms with Gasteiger partial charge in [0.2, 0.25) is 11.9 Å². The minimum Gasteiger partial charge on any atom is -0.453 e. The largest absolute Gasteiger partial charge is 0.453 e. The van der Waals surface area contributed by atoms with Gasteiger partial charge in [-0.15, -0.1) is 0 Å². The van der Waals surface area contributed by atoms with Crippen LogP contribution in [0.25, 0.3) is 0 Å². The van der Waals surface area contributed by atoms with E-state index in [1.165, 1.54) is 12.1 Å². The molecule has 0 spiro atoms. The maximum Gasteiger partial charge on any atom is 0.413 e. The highest BCUT2D eigenvalue weighted by Crippen LogP contribution is 2.30. The standard InChI is InChI=1S/C21H24N4O6S/c1-13(2)18(26)22-17-12-15(32(29)14-8-6-5-7-9-14)10-11-16(17)23-19(24-20(27)30-3)25-21(28)31-4/h5-13H,1-4H3,(H,22,26)(H2,23,24,25,27,28). The van der Waals surface area contributed by atoms with Crippen molar-refractivity contribution in [2.24, 2.45) is 10.9 Å². The van der Waals surface area contributed by atoms with Gasteiger partial charge in [0.1, 0.15) is 0 Å². The summed E-state index contributed by atoms with van der Waals surface area (Å²) >= 11 is 0. The van der Waals surface area contributed by atoms with E-state index in [-0.39, 0.29) is 29.2 Å². The highest BCUT2D eigenvalue weighted by Gasteiger charge is 2.16. The van der Waals surface area contributed by atoms with Crippen molar-refractivity contribution in [2.45, 2.75) is 23.6 Å². The molecule has 0 saturated heterocycles. The molecule has 3 amide bonds. The summed E-state index contributed by atoms with van der Waals surface area (Å²) in [4.78, 5) is 40.8.